The monoisotopic (exact) mass is 433 g/mol. The Balaban J connectivity index is 1.79. The number of halogens is 1. The highest BCUT2D eigenvalue weighted by atomic mass is 35.5. The van der Waals surface area contributed by atoms with Gasteiger partial charge in [0.25, 0.3) is 0 Å². The summed E-state index contributed by atoms with van der Waals surface area (Å²) in [5, 5.41) is 31.3. The van der Waals surface area contributed by atoms with Gasteiger partial charge in [-0.15, -0.1) is 0 Å². The van der Waals surface area contributed by atoms with Gasteiger partial charge in [-0.2, -0.15) is 9.97 Å². The summed E-state index contributed by atoms with van der Waals surface area (Å²) in [4.78, 5) is 12.4. The first-order valence-corrected chi connectivity index (χ1v) is 10.1. The van der Waals surface area contributed by atoms with Crippen molar-refractivity contribution in [2.75, 3.05) is 12.3 Å². The number of nitrogens with zero attached hydrogens (tertiary/aromatic N) is 4. The number of aliphatic hydroxyl groups is 3. The molecule has 3 aromatic rings. The van der Waals surface area contributed by atoms with Crippen LogP contribution in [0.3, 0.4) is 0 Å². The third-order valence-corrected chi connectivity index (χ3v) is 6.00. The van der Waals surface area contributed by atoms with Gasteiger partial charge >= 0.3 is 0 Å². The molecule has 0 saturated carbocycles. The first-order chi connectivity index (χ1) is 14.4. The molecule has 2 aromatic heterocycles. The van der Waals surface area contributed by atoms with Gasteiger partial charge in [-0.05, 0) is 30.0 Å². The fourth-order valence-corrected chi connectivity index (χ4v) is 4.38. The van der Waals surface area contributed by atoms with Crippen molar-refractivity contribution in [2.24, 2.45) is 5.92 Å². The summed E-state index contributed by atoms with van der Waals surface area (Å²) >= 11 is 6.01. The number of hydrogen-bond donors (Lipinski definition) is 4. The molecule has 1 fully saturated rings. The van der Waals surface area contributed by atoms with E-state index in [1.54, 1.807) is 4.57 Å². The van der Waals surface area contributed by atoms with Gasteiger partial charge in [0.2, 0.25) is 5.28 Å². The largest absolute Gasteiger partial charge is 0.394 e. The van der Waals surface area contributed by atoms with Gasteiger partial charge < -0.3 is 25.8 Å². The fourth-order valence-electron chi connectivity index (χ4n) is 4.20. The molecule has 1 aliphatic rings. The molecular weight excluding hydrogens is 410 g/mol. The van der Waals surface area contributed by atoms with Crippen LogP contribution in [-0.4, -0.2) is 59.8 Å². The molecule has 10 heteroatoms. The van der Waals surface area contributed by atoms with Crippen molar-refractivity contribution in [3.05, 3.63) is 47.5 Å². The van der Waals surface area contributed by atoms with Crippen LogP contribution in [0, 0.1) is 5.92 Å². The molecule has 0 radical (unpaired) electrons. The van der Waals surface area contributed by atoms with Gasteiger partial charge in [0.05, 0.1) is 12.9 Å². The number of aromatic nitrogens is 4. The van der Waals surface area contributed by atoms with E-state index in [1.165, 1.54) is 6.33 Å². The van der Waals surface area contributed by atoms with Crippen LogP contribution in [0.25, 0.3) is 11.2 Å². The first kappa shape index (κ1) is 21.0. The van der Waals surface area contributed by atoms with Crippen molar-refractivity contribution < 1.29 is 20.1 Å². The van der Waals surface area contributed by atoms with E-state index < -0.39 is 30.6 Å². The lowest BCUT2D eigenvalue weighted by Crippen LogP contribution is -2.50. The number of anilines is 1. The maximum Gasteiger partial charge on any atom is 0.226 e. The zero-order valence-electron chi connectivity index (χ0n) is 16.4. The number of fused-ring (bicyclic) bond motifs is 1. The molecule has 1 aliphatic heterocycles. The standard InChI is InChI=1S/C20H24ClN5O4/c1-11(7-8-12-5-3-2-4-6-12)20(16(29)15(28)13(9-27)30-20)26-10-23-14-17(22)24-19(21)25-18(14)26/h2-6,10-11,13,15-16,27-29H,7-9H2,1H3,(H2,22,24,25)/t11?,13-,15-,16-,20-/m1/s1. The Morgan fingerprint density at radius 2 is 2.00 bits per heavy atom. The topological polar surface area (TPSA) is 140 Å². The fraction of sp³-hybridized carbons (Fsp3) is 0.450. The number of aryl methyl sites for hydroxylation is 1. The van der Waals surface area contributed by atoms with Crippen LogP contribution in [0.15, 0.2) is 36.7 Å². The van der Waals surface area contributed by atoms with E-state index in [1.807, 2.05) is 37.3 Å². The van der Waals surface area contributed by atoms with Crippen LogP contribution < -0.4 is 5.73 Å². The Kier molecular flexibility index (Phi) is 5.65. The average Bonchev–Trinajstić information content (AvgIpc) is 3.27. The normalized spacial score (nSPS) is 27.6. The molecule has 5 N–H and O–H groups in total. The summed E-state index contributed by atoms with van der Waals surface area (Å²) in [5.41, 5.74) is 6.23. The van der Waals surface area contributed by atoms with Crippen molar-refractivity contribution >= 4 is 28.6 Å². The second kappa shape index (κ2) is 8.09. The lowest BCUT2D eigenvalue weighted by atomic mass is 9.86. The Bertz CT molecular complexity index is 1030. The molecule has 1 saturated heterocycles. The maximum atomic E-state index is 11.1. The second-order valence-corrected chi connectivity index (χ2v) is 7.95. The minimum atomic E-state index is -1.43. The predicted molar refractivity (Wildman–Crippen MR) is 111 cm³/mol. The summed E-state index contributed by atoms with van der Waals surface area (Å²) in [5.74, 6) is -0.200. The number of nitrogen functional groups attached to an aromatic ring is 1. The van der Waals surface area contributed by atoms with Crippen molar-refractivity contribution in [2.45, 2.75) is 43.8 Å². The van der Waals surface area contributed by atoms with E-state index in [2.05, 4.69) is 15.0 Å². The molecule has 0 amide bonds. The van der Waals surface area contributed by atoms with Crippen LogP contribution in [0.4, 0.5) is 5.82 Å². The van der Waals surface area contributed by atoms with E-state index >= 15 is 0 Å². The molecule has 3 heterocycles. The molecule has 4 rings (SSSR count). The lowest BCUT2D eigenvalue weighted by Gasteiger charge is -2.39. The van der Waals surface area contributed by atoms with Gasteiger partial charge in [0.1, 0.15) is 23.8 Å². The van der Waals surface area contributed by atoms with Crippen LogP contribution >= 0.6 is 11.6 Å². The smallest absolute Gasteiger partial charge is 0.226 e. The summed E-state index contributed by atoms with van der Waals surface area (Å²) in [6.45, 7) is 1.46. The van der Waals surface area contributed by atoms with Crippen LogP contribution in [0.5, 0.6) is 0 Å². The van der Waals surface area contributed by atoms with E-state index in [9.17, 15) is 15.3 Å². The molecule has 1 unspecified atom stereocenters. The molecule has 160 valence electrons. The Labute approximate surface area is 178 Å². The van der Waals surface area contributed by atoms with Gasteiger partial charge in [-0.1, -0.05) is 37.3 Å². The van der Waals surface area contributed by atoms with E-state index in [0.29, 0.717) is 11.9 Å². The third kappa shape index (κ3) is 3.32. The van der Waals surface area contributed by atoms with Gasteiger partial charge in [-0.3, -0.25) is 4.57 Å². The summed E-state index contributed by atoms with van der Waals surface area (Å²) in [6, 6.07) is 9.93. The number of imidazole rings is 1. The number of benzene rings is 1. The van der Waals surface area contributed by atoms with Crippen molar-refractivity contribution in [3.63, 3.8) is 0 Å². The van der Waals surface area contributed by atoms with Gasteiger partial charge in [0.15, 0.2) is 17.2 Å². The van der Waals surface area contributed by atoms with Crippen LogP contribution in [0.2, 0.25) is 5.28 Å². The number of rotatable bonds is 6. The van der Waals surface area contributed by atoms with Gasteiger partial charge in [-0.25, -0.2) is 4.98 Å². The molecule has 0 spiro atoms. The Morgan fingerprint density at radius 3 is 2.67 bits per heavy atom. The molecule has 5 atom stereocenters. The third-order valence-electron chi connectivity index (χ3n) is 5.84. The highest BCUT2D eigenvalue weighted by Gasteiger charge is 2.58. The Hall–Kier alpha value is -2.30. The molecular formula is C20H24ClN5O4. The number of nitrogens with two attached hydrogens (primary N) is 1. The number of hydrogen-bond acceptors (Lipinski definition) is 8. The first-order valence-electron chi connectivity index (χ1n) is 9.73. The van der Waals surface area contributed by atoms with Crippen molar-refractivity contribution in [3.8, 4) is 0 Å². The Morgan fingerprint density at radius 1 is 1.27 bits per heavy atom. The van der Waals surface area contributed by atoms with E-state index in [0.717, 1.165) is 12.0 Å². The highest BCUT2D eigenvalue weighted by Crippen LogP contribution is 2.44. The van der Waals surface area contributed by atoms with Crippen LogP contribution in [0.1, 0.15) is 18.9 Å². The zero-order chi connectivity index (χ0) is 21.5. The minimum Gasteiger partial charge on any atom is -0.394 e. The molecule has 30 heavy (non-hydrogen) atoms. The lowest BCUT2D eigenvalue weighted by molar-refractivity contribution is -0.179. The summed E-state index contributed by atoms with van der Waals surface area (Å²) in [6.07, 6.45) is -0.800. The zero-order valence-corrected chi connectivity index (χ0v) is 17.1. The average molecular weight is 434 g/mol. The number of aliphatic hydroxyl groups excluding tert-OH is 3. The van der Waals surface area contributed by atoms with Crippen molar-refractivity contribution in [1.82, 2.24) is 19.5 Å². The SMILES string of the molecule is CC(CCc1ccccc1)[C@@]1(n2cnc3c(N)nc(Cl)nc32)O[C@H](CO)[C@@H](O)[C@H]1O. The second-order valence-electron chi connectivity index (χ2n) is 7.62. The molecule has 0 bridgehead atoms. The number of ether oxygens (including phenoxy) is 1. The summed E-state index contributed by atoms with van der Waals surface area (Å²) in [7, 11) is 0. The maximum absolute atomic E-state index is 11.1. The van der Waals surface area contributed by atoms with Crippen LogP contribution in [-0.2, 0) is 16.9 Å². The molecule has 1 aromatic carbocycles. The van der Waals surface area contributed by atoms with E-state index in [-0.39, 0.29) is 22.7 Å². The summed E-state index contributed by atoms with van der Waals surface area (Å²) < 4.78 is 7.68. The predicted octanol–water partition coefficient (Wildman–Crippen LogP) is 1.10. The van der Waals surface area contributed by atoms with E-state index in [4.69, 9.17) is 22.1 Å². The minimum absolute atomic E-state index is 0.0689. The van der Waals surface area contributed by atoms with Gasteiger partial charge in [0, 0.05) is 5.92 Å². The highest BCUT2D eigenvalue weighted by molar-refractivity contribution is 6.28. The quantitative estimate of drug-likeness (QED) is 0.424. The molecule has 0 aliphatic carbocycles. The molecule has 9 nitrogen and oxygen atoms in total. The van der Waals surface area contributed by atoms with Crippen molar-refractivity contribution in [1.29, 1.82) is 0 Å².